The average Bonchev–Trinajstić information content (AvgIpc) is 2.92. The van der Waals surface area contributed by atoms with Crippen LogP contribution < -0.4 is 10.1 Å². The summed E-state index contributed by atoms with van der Waals surface area (Å²) in [6.07, 6.45) is 4.41. The lowest BCUT2D eigenvalue weighted by molar-refractivity contribution is 0.197. The Bertz CT molecular complexity index is 451. The van der Waals surface area contributed by atoms with Gasteiger partial charge in [0.25, 0.3) is 0 Å². The summed E-state index contributed by atoms with van der Waals surface area (Å²) in [6, 6.07) is 4.11. The highest BCUT2D eigenvalue weighted by molar-refractivity contribution is 6.30. The molecule has 0 saturated carbocycles. The SMILES string of the molecule is CCCC(CNCCOC)Cc1cc(Cl)cc2c1OCC2. The lowest BCUT2D eigenvalue weighted by atomic mass is 9.93. The molecule has 0 spiro atoms. The molecular weight excluding hydrogens is 286 g/mol. The summed E-state index contributed by atoms with van der Waals surface area (Å²) in [5.41, 5.74) is 2.53. The summed E-state index contributed by atoms with van der Waals surface area (Å²) in [4.78, 5) is 0. The largest absolute Gasteiger partial charge is 0.493 e. The van der Waals surface area contributed by atoms with Gasteiger partial charge in [0.05, 0.1) is 13.2 Å². The summed E-state index contributed by atoms with van der Waals surface area (Å²) >= 11 is 6.25. The van der Waals surface area contributed by atoms with E-state index in [4.69, 9.17) is 21.1 Å². The Kier molecular flexibility index (Phi) is 6.81. The third kappa shape index (κ3) is 4.87. The van der Waals surface area contributed by atoms with Crippen LogP contribution in [0, 0.1) is 5.92 Å². The minimum absolute atomic E-state index is 0.610. The van der Waals surface area contributed by atoms with Crippen LogP contribution in [0.5, 0.6) is 5.75 Å². The number of hydrogen-bond acceptors (Lipinski definition) is 3. The van der Waals surface area contributed by atoms with Crippen molar-refractivity contribution in [3.05, 3.63) is 28.3 Å². The predicted molar refractivity (Wildman–Crippen MR) is 87.5 cm³/mol. The Morgan fingerprint density at radius 2 is 2.29 bits per heavy atom. The zero-order chi connectivity index (χ0) is 15.1. The minimum atomic E-state index is 0.610. The molecule has 0 amide bonds. The molecule has 118 valence electrons. The molecule has 0 saturated heterocycles. The second-order valence-electron chi connectivity index (χ2n) is 5.71. The maximum atomic E-state index is 6.25. The maximum absolute atomic E-state index is 6.25. The van der Waals surface area contributed by atoms with E-state index in [0.29, 0.717) is 5.92 Å². The fourth-order valence-electron chi connectivity index (χ4n) is 2.97. The van der Waals surface area contributed by atoms with Crippen LogP contribution in [0.1, 0.15) is 30.9 Å². The normalized spacial score (nSPS) is 14.8. The summed E-state index contributed by atoms with van der Waals surface area (Å²) in [6.45, 7) is 5.70. The zero-order valence-electron chi connectivity index (χ0n) is 13.1. The lowest BCUT2D eigenvalue weighted by Gasteiger charge is -2.19. The number of fused-ring (bicyclic) bond motifs is 1. The molecule has 1 aliphatic heterocycles. The maximum Gasteiger partial charge on any atom is 0.125 e. The van der Waals surface area contributed by atoms with Crippen molar-refractivity contribution in [2.75, 3.05) is 33.4 Å². The lowest BCUT2D eigenvalue weighted by Crippen LogP contribution is -2.27. The van der Waals surface area contributed by atoms with E-state index in [1.807, 2.05) is 6.07 Å². The summed E-state index contributed by atoms with van der Waals surface area (Å²) in [7, 11) is 1.73. The molecular formula is C17H26ClNO2. The minimum Gasteiger partial charge on any atom is -0.493 e. The van der Waals surface area contributed by atoms with Crippen LogP contribution in [0.25, 0.3) is 0 Å². The highest BCUT2D eigenvalue weighted by atomic mass is 35.5. The van der Waals surface area contributed by atoms with Crippen molar-refractivity contribution >= 4 is 11.6 Å². The molecule has 0 radical (unpaired) electrons. The van der Waals surface area contributed by atoms with E-state index in [9.17, 15) is 0 Å². The Hall–Kier alpha value is -0.770. The second-order valence-corrected chi connectivity index (χ2v) is 6.14. The second kappa shape index (κ2) is 8.62. The molecule has 1 N–H and O–H groups in total. The van der Waals surface area contributed by atoms with E-state index in [0.717, 1.165) is 49.9 Å². The van der Waals surface area contributed by atoms with Crippen LogP contribution >= 0.6 is 11.6 Å². The Labute approximate surface area is 133 Å². The Morgan fingerprint density at radius 1 is 1.43 bits per heavy atom. The fourth-order valence-corrected chi connectivity index (χ4v) is 3.24. The first-order valence-electron chi connectivity index (χ1n) is 7.88. The smallest absolute Gasteiger partial charge is 0.125 e. The van der Waals surface area contributed by atoms with Crippen LogP contribution in [-0.4, -0.2) is 33.4 Å². The van der Waals surface area contributed by atoms with E-state index in [-0.39, 0.29) is 0 Å². The number of hydrogen-bond donors (Lipinski definition) is 1. The monoisotopic (exact) mass is 311 g/mol. The first-order valence-corrected chi connectivity index (χ1v) is 8.26. The summed E-state index contributed by atoms with van der Waals surface area (Å²) < 4.78 is 10.9. The van der Waals surface area contributed by atoms with E-state index in [1.165, 1.54) is 24.0 Å². The third-order valence-corrected chi connectivity index (χ3v) is 4.17. The number of ether oxygens (including phenoxy) is 2. The average molecular weight is 312 g/mol. The van der Waals surface area contributed by atoms with Gasteiger partial charge in [-0.2, -0.15) is 0 Å². The molecule has 1 atom stereocenters. The molecule has 1 unspecified atom stereocenters. The van der Waals surface area contributed by atoms with Crippen LogP contribution in [0.4, 0.5) is 0 Å². The summed E-state index contributed by atoms with van der Waals surface area (Å²) in [5.74, 6) is 1.69. The molecule has 4 heteroatoms. The van der Waals surface area contributed by atoms with Gasteiger partial charge in [0.15, 0.2) is 0 Å². The molecule has 1 aliphatic rings. The molecule has 0 aliphatic carbocycles. The van der Waals surface area contributed by atoms with Crippen molar-refractivity contribution < 1.29 is 9.47 Å². The van der Waals surface area contributed by atoms with Gasteiger partial charge in [-0.3, -0.25) is 0 Å². The van der Waals surface area contributed by atoms with Gasteiger partial charge in [-0.05, 0) is 48.6 Å². The number of benzene rings is 1. The number of methoxy groups -OCH3 is 1. The van der Waals surface area contributed by atoms with Crippen molar-refractivity contribution in [1.82, 2.24) is 5.32 Å². The Morgan fingerprint density at radius 3 is 3.05 bits per heavy atom. The molecule has 1 aromatic carbocycles. The Balaban J connectivity index is 1.99. The van der Waals surface area contributed by atoms with E-state index < -0.39 is 0 Å². The molecule has 1 aromatic rings. The highest BCUT2D eigenvalue weighted by Gasteiger charge is 2.20. The molecule has 2 rings (SSSR count). The quantitative estimate of drug-likeness (QED) is 0.708. The number of rotatable bonds is 9. The van der Waals surface area contributed by atoms with E-state index >= 15 is 0 Å². The molecule has 3 nitrogen and oxygen atoms in total. The van der Waals surface area contributed by atoms with Gasteiger partial charge in [0, 0.05) is 25.1 Å². The molecule has 0 aromatic heterocycles. The first kappa shape index (κ1) is 16.6. The zero-order valence-corrected chi connectivity index (χ0v) is 13.8. The van der Waals surface area contributed by atoms with Crippen LogP contribution in [0.15, 0.2) is 12.1 Å². The topological polar surface area (TPSA) is 30.5 Å². The van der Waals surface area contributed by atoms with Gasteiger partial charge in [0.2, 0.25) is 0 Å². The van der Waals surface area contributed by atoms with Crippen molar-refractivity contribution in [1.29, 1.82) is 0 Å². The number of nitrogens with one attached hydrogen (secondary N) is 1. The van der Waals surface area contributed by atoms with E-state index in [2.05, 4.69) is 18.3 Å². The van der Waals surface area contributed by atoms with E-state index in [1.54, 1.807) is 7.11 Å². The van der Waals surface area contributed by atoms with Gasteiger partial charge in [0.1, 0.15) is 5.75 Å². The standard InChI is InChI=1S/C17H26ClNO2/c1-3-4-13(12-19-6-8-20-2)9-15-11-16(18)10-14-5-7-21-17(14)15/h10-11,13,19H,3-9,12H2,1-2H3. The molecule has 21 heavy (non-hydrogen) atoms. The van der Waals surface area contributed by atoms with Crippen molar-refractivity contribution in [2.45, 2.75) is 32.6 Å². The van der Waals surface area contributed by atoms with Crippen LogP contribution in [-0.2, 0) is 17.6 Å². The van der Waals surface area contributed by atoms with Gasteiger partial charge < -0.3 is 14.8 Å². The summed E-state index contributed by atoms with van der Waals surface area (Å²) in [5, 5.41) is 4.31. The third-order valence-electron chi connectivity index (χ3n) is 3.95. The van der Waals surface area contributed by atoms with Crippen LogP contribution in [0.3, 0.4) is 0 Å². The first-order chi connectivity index (χ1) is 10.2. The van der Waals surface area contributed by atoms with Crippen molar-refractivity contribution in [3.8, 4) is 5.75 Å². The number of halogens is 1. The van der Waals surface area contributed by atoms with Crippen molar-refractivity contribution in [3.63, 3.8) is 0 Å². The predicted octanol–water partition coefficient (Wildman–Crippen LogP) is 3.47. The van der Waals surface area contributed by atoms with Crippen LogP contribution in [0.2, 0.25) is 5.02 Å². The highest BCUT2D eigenvalue weighted by Crippen LogP contribution is 2.34. The molecule has 0 bridgehead atoms. The van der Waals surface area contributed by atoms with Gasteiger partial charge >= 0.3 is 0 Å². The van der Waals surface area contributed by atoms with Crippen molar-refractivity contribution in [2.24, 2.45) is 5.92 Å². The van der Waals surface area contributed by atoms with Gasteiger partial charge in [-0.1, -0.05) is 24.9 Å². The molecule has 0 fully saturated rings. The van der Waals surface area contributed by atoms with Gasteiger partial charge in [-0.15, -0.1) is 0 Å². The molecule has 1 heterocycles. The van der Waals surface area contributed by atoms with Gasteiger partial charge in [-0.25, -0.2) is 0 Å². The fraction of sp³-hybridized carbons (Fsp3) is 0.647.